The number of nitrogens with one attached hydrogen (secondary N) is 3. The third-order valence-electron chi connectivity index (χ3n) is 3.81. The Labute approximate surface area is 147 Å². The molecular weight excluding hydrogens is 338 g/mol. The van der Waals surface area contributed by atoms with Crippen molar-refractivity contribution in [2.45, 2.75) is 20.0 Å². The number of carbonyl (C=O) groups excluding carboxylic acids is 2. The van der Waals surface area contributed by atoms with Gasteiger partial charge in [0.05, 0.1) is 11.0 Å². The summed E-state index contributed by atoms with van der Waals surface area (Å²) in [5.74, 6) is -1.54. The average Bonchev–Trinajstić information content (AvgIpc) is 2.96. The lowest BCUT2D eigenvalue weighted by Crippen LogP contribution is -2.30. The molecular formula is C18H17N3O5. The van der Waals surface area contributed by atoms with Gasteiger partial charge < -0.3 is 25.1 Å². The minimum absolute atomic E-state index is 0.00373. The Morgan fingerprint density at radius 2 is 1.85 bits per heavy atom. The van der Waals surface area contributed by atoms with Crippen LogP contribution in [0.2, 0.25) is 0 Å². The highest BCUT2D eigenvalue weighted by molar-refractivity contribution is 5.99. The maximum atomic E-state index is 12.2. The van der Waals surface area contributed by atoms with Crippen molar-refractivity contribution in [3.05, 3.63) is 58.0 Å². The summed E-state index contributed by atoms with van der Waals surface area (Å²) in [6.45, 7) is 3.20. The number of fused-ring (bicyclic) bond motifs is 1. The van der Waals surface area contributed by atoms with Gasteiger partial charge in [-0.15, -0.1) is 0 Å². The molecule has 0 spiro atoms. The topological polar surface area (TPSA) is 124 Å². The number of benzene rings is 2. The van der Waals surface area contributed by atoms with Crippen LogP contribution in [0, 0.1) is 6.92 Å². The Balaban J connectivity index is 1.69. The van der Waals surface area contributed by atoms with E-state index in [-0.39, 0.29) is 17.0 Å². The lowest BCUT2D eigenvalue weighted by Gasteiger charge is -2.14. The predicted octanol–water partition coefficient (Wildman–Crippen LogP) is 2.05. The molecule has 3 rings (SSSR count). The number of phenolic OH excluding ortho intramolecular Hbond substituents is 1. The SMILES string of the molecule is Cc1ccc(O)c(C(=O)OC(C)C(=O)Nc2ccc3[nH]c(=O)[nH]c3c2)c1. The number of aromatic amines is 2. The first-order valence-electron chi connectivity index (χ1n) is 7.87. The first-order chi connectivity index (χ1) is 12.3. The fraction of sp³-hybridized carbons (Fsp3) is 0.167. The molecule has 1 heterocycles. The number of carbonyl (C=O) groups is 2. The molecule has 26 heavy (non-hydrogen) atoms. The van der Waals surface area contributed by atoms with Crippen LogP contribution in [0.5, 0.6) is 5.75 Å². The van der Waals surface area contributed by atoms with Crippen LogP contribution in [0.15, 0.2) is 41.2 Å². The smallest absolute Gasteiger partial charge is 0.342 e. The minimum Gasteiger partial charge on any atom is -0.507 e. The van der Waals surface area contributed by atoms with E-state index < -0.39 is 18.0 Å². The van der Waals surface area contributed by atoms with Crippen LogP contribution < -0.4 is 11.0 Å². The Hall–Kier alpha value is -3.55. The second-order valence-corrected chi connectivity index (χ2v) is 5.90. The van der Waals surface area contributed by atoms with E-state index in [9.17, 15) is 19.5 Å². The third-order valence-corrected chi connectivity index (χ3v) is 3.81. The highest BCUT2D eigenvalue weighted by Gasteiger charge is 2.21. The van der Waals surface area contributed by atoms with E-state index in [0.29, 0.717) is 16.7 Å². The number of phenols is 1. The predicted molar refractivity (Wildman–Crippen MR) is 95.3 cm³/mol. The Kier molecular flexibility index (Phi) is 4.49. The third kappa shape index (κ3) is 3.59. The monoisotopic (exact) mass is 355 g/mol. The normalized spacial score (nSPS) is 11.9. The molecule has 1 aromatic heterocycles. The Morgan fingerprint density at radius 3 is 2.62 bits per heavy atom. The summed E-state index contributed by atoms with van der Waals surface area (Å²) in [6.07, 6.45) is -1.08. The average molecular weight is 355 g/mol. The van der Waals surface area contributed by atoms with Gasteiger partial charge in [0.15, 0.2) is 6.10 Å². The Morgan fingerprint density at radius 1 is 1.12 bits per heavy atom. The first kappa shape index (κ1) is 17.3. The molecule has 134 valence electrons. The molecule has 8 nitrogen and oxygen atoms in total. The van der Waals surface area contributed by atoms with Crippen molar-refractivity contribution in [3.63, 3.8) is 0 Å². The number of aryl methyl sites for hydroxylation is 1. The van der Waals surface area contributed by atoms with Crippen molar-refractivity contribution >= 4 is 28.6 Å². The molecule has 1 amide bonds. The van der Waals surface area contributed by atoms with Gasteiger partial charge in [-0.2, -0.15) is 0 Å². The van der Waals surface area contributed by atoms with E-state index in [1.807, 2.05) is 0 Å². The molecule has 1 atom stereocenters. The fourth-order valence-electron chi connectivity index (χ4n) is 2.45. The lowest BCUT2D eigenvalue weighted by molar-refractivity contribution is -0.123. The van der Waals surface area contributed by atoms with Crippen LogP contribution >= 0.6 is 0 Å². The van der Waals surface area contributed by atoms with Crippen molar-refractivity contribution in [1.29, 1.82) is 0 Å². The van der Waals surface area contributed by atoms with E-state index >= 15 is 0 Å². The molecule has 3 aromatic rings. The van der Waals surface area contributed by atoms with E-state index in [0.717, 1.165) is 5.56 Å². The summed E-state index contributed by atoms with van der Waals surface area (Å²) in [6, 6.07) is 9.38. The molecule has 0 bridgehead atoms. The number of rotatable bonds is 4. The maximum Gasteiger partial charge on any atom is 0.342 e. The molecule has 0 aliphatic rings. The number of amides is 1. The van der Waals surface area contributed by atoms with Gasteiger partial charge in [-0.1, -0.05) is 11.6 Å². The van der Waals surface area contributed by atoms with Gasteiger partial charge in [-0.25, -0.2) is 9.59 Å². The highest BCUT2D eigenvalue weighted by atomic mass is 16.5. The lowest BCUT2D eigenvalue weighted by atomic mass is 10.1. The summed E-state index contributed by atoms with van der Waals surface area (Å²) in [7, 11) is 0. The number of anilines is 1. The van der Waals surface area contributed by atoms with Crippen molar-refractivity contribution in [3.8, 4) is 5.75 Å². The number of esters is 1. The summed E-state index contributed by atoms with van der Waals surface area (Å²) in [5, 5.41) is 12.4. The standard InChI is InChI=1S/C18H17N3O5/c1-9-3-6-15(22)12(7-9)17(24)26-10(2)16(23)19-11-4-5-13-14(8-11)21-18(25)20-13/h3-8,10,22H,1-2H3,(H,19,23)(H2,20,21,25). The van der Waals surface area contributed by atoms with Gasteiger partial charge in [0.2, 0.25) is 0 Å². The molecule has 0 aliphatic heterocycles. The van der Waals surface area contributed by atoms with Gasteiger partial charge in [0, 0.05) is 5.69 Å². The van der Waals surface area contributed by atoms with Crippen LogP contribution in [0.3, 0.4) is 0 Å². The Bertz CT molecular complexity index is 1050. The van der Waals surface area contributed by atoms with Crippen molar-refractivity contribution in [1.82, 2.24) is 9.97 Å². The summed E-state index contributed by atoms with van der Waals surface area (Å²) < 4.78 is 5.12. The molecule has 0 saturated heterocycles. The fourth-order valence-corrected chi connectivity index (χ4v) is 2.45. The zero-order chi connectivity index (χ0) is 18.8. The van der Waals surface area contributed by atoms with Crippen LogP contribution in [-0.4, -0.2) is 33.1 Å². The number of ether oxygens (including phenoxy) is 1. The molecule has 1 unspecified atom stereocenters. The summed E-state index contributed by atoms with van der Waals surface area (Å²) in [5.41, 5.74) is 2.03. The minimum atomic E-state index is -1.08. The van der Waals surface area contributed by atoms with E-state index in [1.54, 1.807) is 31.2 Å². The summed E-state index contributed by atoms with van der Waals surface area (Å²) in [4.78, 5) is 40.8. The number of aromatic nitrogens is 2. The highest BCUT2D eigenvalue weighted by Crippen LogP contribution is 2.20. The molecule has 2 aromatic carbocycles. The number of hydrogen-bond donors (Lipinski definition) is 4. The molecule has 8 heteroatoms. The molecule has 0 aliphatic carbocycles. The second-order valence-electron chi connectivity index (χ2n) is 5.90. The van der Waals surface area contributed by atoms with E-state index in [1.165, 1.54) is 19.1 Å². The second kappa shape index (κ2) is 6.75. The van der Waals surface area contributed by atoms with Gasteiger partial charge in [0.25, 0.3) is 5.91 Å². The van der Waals surface area contributed by atoms with Crippen LogP contribution in [0.1, 0.15) is 22.8 Å². The van der Waals surface area contributed by atoms with Crippen molar-refractivity contribution < 1.29 is 19.4 Å². The van der Waals surface area contributed by atoms with Gasteiger partial charge in [0.1, 0.15) is 11.3 Å². The first-order valence-corrected chi connectivity index (χ1v) is 7.87. The summed E-state index contributed by atoms with van der Waals surface area (Å²) >= 11 is 0. The quantitative estimate of drug-likeness (QED) is 0.533. The molecule has 0 radical (unpaired) electrons. The molecule has 4 N–H and O–H groups in total. The van der Waals surface area contributed by atoms with Crippen molar-refractivity contribution in [2.75, 3.05) is 5.32 Å². The maximum absolute atomic E-state index is 12.2. The number of hydrogen-bond acceptors (Lipinski definition) is 5. The van der Waals surface area contributed by atoms with Gasteiger partial charge >= 0.3 is 11.7 Å². The van der Waals surface area contributed by atoms with Gasteiger partial charge in [-0.3, -0.25) is 4.79 Å². The van der Waals surface area contributed by atoms with Crippen LogP contribution in [0.4, 0.5) is 5.69 Å². The zero-order valence-electron chi connectivity index (χ0n) is 14.1. The van der Waals surface area contributed by atoms with E-state index in [4.69, 9.17) is 4.74 Å². The van der Waals surface area contributed by atoms with Crippen LogP contribution in [-0.2, 0) is 9.53 Å². The largest absolute Gasteiger partial charge is 0.507 e. The van der Waals surface area contributed by atoms with E-state index in [2.05, 4.69) is 15.3 Å². The van der Waals surface area contributed by atoms with Crippen molar-refractivity contribution in [2.24, 2.45) is 0 Å². The zero-order valence-corrected chi connectivity index (χ0v) is 14.1. The van der Waals surface area contributed by atoms with Crippen LogP contribution in [0.25, 0.3) is 11.0 Å². The molecule has 0 saturated carbocycles. The molecule has 0 fully saturated rings. The number of imidazole rings is 1. The number of H-pyrrole nitrogens is 2. The van der Waals surface area contributed by atoms with Gasteiger partial charge in [-0.05, 0) is 44.2 Å². The number of aromatic hydroxyl groups is 1.